The number of hydrogen-bond acceptors (Lipinski definition) is 7. The first kappa shape index (κ1) is 23.6. The molecule has 3 aromatic heterocycles. The second-order valence-electron chi connectivity index (χ2n) is 6.31. The molecule has 0 spiro atoms. The van der Waals surface area contributed by atoms with Gasteiger partial charge in [0, 0.05) is 47.2 Å². The van der Waals surface area contributed by atoms with Crippen LogP contribution in [-0.2, 0) is 11.0 Å². The van der Waals surface area contributed by atoms with Crippen LogP contribution >= 0.6 is 11.3 Å². The summed E-state index contributed by atoms with van der Waals surface area (Å²) in [6.45, 7) is 2.08. The fraction of sp³-hybridized carbons (Fsp3) is 0.158. The number of anilines is 1. The summed E-state index contributed by atoms with van der Waals surface area (Å²) in [5.41, 5.74) is 4.08. The van der Waals surface area contributed by atoms with E-state index in [2.05, 4.69) is 31.0 Å². The molecule has 0 aromatic carbocycles. The van der Waals surface area contributed by atoms with Crippen LogP contribution in [0.4, 0.5) is 23.8 Å². The lowest BCUT2D eigenvalue weighted by atomic mass is 10.0. The number of hydrazine groups is 1. The SMILES string of the molecule is CCNC(=O)Nc1cc(-c2nc(C(F)(F)F)cs2)c(-c2cncc(C(=O)NNC=O)c2)cn1. The number of carbonyl (C=O) groups excluding carboxylic acids is 3. The Bertz CT molecular complexity index is 1180. The Balaban J connectivity index is 2.07. The van der Waals surface area contributed by atoms with Gasteiger partial charge in [0.1, 0.15) is 10.8 Å². The Morgan fingerprint density at radius 2 is 1.94 bits per heavy atom. The van der Waals surface area contributed by atoms with Crippen LogP contribution in [0.15, 0.2) is 36.1 Å². The molecule has 0 aliphatic carbocycles. The van der Waals surface area contributed by atoms with Crippen LogP contribution in [0.25, 0.3) is 21.7 Å². The Labute approximate surface area is 188 Å². The van der Waals surface area contributed by atoms with Crippen molar-refractivity contribution in [2.24, 2.45) is 0 Å². The third-order valence-corrected chi connectivity index (χ3v) is 4.94. The number of thiazole rings is 1. The van der Waals surface area contributed by atoms with Crippen molar-refractivity contribution in [1.29, 1.82) is 0 Å². The molecule has 0 bridgehead atoms. The number of urea groups is 1. The standard InChI is InChI=1S/C19H16F3N7O3S/c1-2-24-18(32)28-15-4-12(17-27-14(8-33-17)19(20,21)22)13(7-25-15)10-3-11(6-23-5-10)16(31)29-26-9-30/h3-9H,2H2,1H3,(H,26,30)(H,29,31)(H2,24,25,28,32). The van der Waals surface area contributed by atoms with E-state index in [1.807, 2.05) is 5.43 Å². The van der Waals surface area contributed by atoms with Gasteiger partial charge in [-0.25, -0.2) is 14.8 Å². The van der Waals surface area contributed by atoms with Gasteiger partial charge in [0.2, 0.25) is 6.41 Å². The summed E-state index contributed by atoms with van der Waals surface area (Å²) in [6.07, 6.45) is -0.393. The van der Waals surface area contributed by atoms with Crippen LogP contribution in [0.1, 0.15) is 23.0 Å². The van der Waals surface area contributed by atoms with Crippen molar-refractivity contribution >= 4 is 35.5 Å². The average molecular weight is 479 g/mol. The largest absolute Gasteiger partial charge is 0.434 e. The minimum absolute atomic E-state index is 0.0242. The zero-order chi connectivity index (χ0) is 24.0. The number of pyridine rings is 2. The number of amides is 4. The Hall–Kier alpha value is -4.07. The van der Waals surface area contributed by atoms with Gasteiger partial charge in [-0.3, -0.25) is 30.7 Å². The zero-order valence-electron chi connectivity index (χ0n) is 16.9. The van der Waals surface area contributed by atoms with E-state index in [0.717, 1.165) is 16.7 Å². The van der Waals surface area contributed by atoms with Gasteiger partial charge in [0.15, 0.2) is 5.69 Å². The number of halogens is 3. The van der Waals surface area contributed by atoms with Crippen LogP contribution < -0.4 is 21.5 Å². The van der Waals surface area contributed by atoms with Crippen LogP contribution in [0.5, 0.6) is 0 Å². The molecule has 3 aromatic rings. The molecule has 0 saturated heterocycles. The summed E-state index contributed by atoms with van der Waals surface area (Å²) < 4.78 is 39.3. The van der Waals surface area contributed by atoms with Gasteiger partial charge in [0.25, 0.3) is 5.91 Å². The predicted octanol–water partition coefficient (Wildman–Crippen LogP) is 2.82. The molecule has 3 heterocycles. The number of aromatic nitrogens is 3. The maximum atomic E-state index is 13.1. The van der Waals surface area contributed by atoms with Crippen molar-refractivity contribution in [3.63, 3.8) is 0 Å². The van der Waals surface area contributed by atoms with Gasteiger partial charge in [0.05, 0.1) is 5.56 Å². The summed E-state index contributed by atoms with van der Waals surface area (Å²) in [5, 5.41) is 5.92. The molecule has 0 unspecified atom stereocenters. The lowest BCUT2D eigenvalue weighted by molar-refractivity contribution is -0.140. The molecule has 0 radical (unpaired) electrons. The van der Waals surface area contributed by atoms with Crippen molar-refractivity contribution < 1.29 is 27.6 Å². The highest BCUT2D eigenvalue weighted by Crippen LogP contribution is 2.38. The molecular weight excluding hydrogens is 463 g/mol. The number of carbonyl (C=O) groups is 3. The van der Waals surface area contributed by atoms with Crippen molar-refractivity contribution in [2.45, 2.75) is 13.1 Å². The normalized spacial score (nSPS) is 10.9. The van der Waals surface area contributed by atoms with E-state index in [-0.39, 0.29) is 28.4 Å². The third kappa shape index (κ3) is 5.79. The van der Waals surface area contributed by atoms with Crippen molar-refractivity contribution in [2.75, 3.05) is 11.9 Å². The molecule has 172 valence electrons. The highest BCUT2D eigenvalue weighted by molar-refractivity contribution is 7.13. The molecule has 0 aliphatic rings. The summed E-state index contributed by atoms with van der Waals surface area (Å²) in [4.78, 5) is 46.1. The van der Waals surface area contributed by atoms with E-state index >= 15 is 0 Å². The monoisotopic (exact) mass is 479 g/mol. The van der Waals surface area contributed by atoms with Crippen molar-refractivity contribution in [3.8, 4) is 21.7 Å². The van der Waals surface area contributed by atoms with E-state index in [0.29, 0.717) is 17.7 Å². The van der Waals surface area contributed by atoms with Crippen LogP contribution in [0.3, 0.4) is 0 Å². The second-order valence-corrected chi connectivity index (χ2v) is 7.17. The molecule has 4 N–H and O–H groups in total. The lowest BCUT2D eigenvalue weighted by Crippen LogP contribution is -2.36. The maximum absolute atomic E-state index is 13.1. The number of nitrogens with one attached hydrogen (secondary N) is 4. The first-order valence-electron chi connectivity index (χ1n) is 9.25. The summed E-state index contributed by atoms with van der Waals surface area (Å²) in [6, 6.07) is 2.26. The Morgan fingerprint density at radius 1 is 1.15 bits per heavy atom. The van der Waals surface area contributed by atoms with Crippen LogP contribution in [-0.4, -0.2) is 39.8 Å². The quantitative estimate of drug-likeness (QED) is 0.304. The first-order valence-corrected chi connectivity index (χ1v) is 10.1. The van der Waals surface area contributed by atoms with Gasteiger partial charge in [-0.05, 0) is 19.1 Å². The number of nitrogens with zero attached hydrogens (tertiary/aromatic N) is 3. The molecule has 10 nitrogen and oxygen atoms in total. The van der Waals surface area contributed by atoms with Crippen molar-refractivity contribution in [3.05, 3.63) is 47.4 Å². The lowest BCUT2D eigenvalue weighted by Gasteiger charge is -2.12. The third-order valence-electron chi connectivity index (χ3n) is 4.06. The fourth-order valence-electron chi connectivity index (χ4n) is 2.66. The minimum Gasteiger partial charge on any atom is -0.338 e. The number of rotatable bonds is 7. The topological polar surface area (TPSA) is 138 Å². The minimum atomic E-state index is -4.63. The molecule has 14 heteroatoms. The highest BCUT2D eigenvalue weighted by Gasteiger charge is 2.34. The number of hydrogen-bond donors (Lipinski definition) is 4. The Kier molecular flexibility index (Phi) is 7.17. The smallest absolute Gasteiger partial charge is 0.338 e. The van der Waals surface area contributed by atoms with E-state index in [9.17, 15) is 27.6 Å². The zero-order valence-corrected chi connectivity index (χ0v) is 17.7. The van der Waals surface area contributed by atoms with E-state index in [1.165, 1.54) is 30.7 Å². The van der Waals surface area contributed by atoms with E-state index in [4.69, 9.17) is 0 Å². The van der Waals surface area contributed by atoms with Gasteiger partial charge < -0.3 is 5.32 Å². The van der Waals surface area contributed by atoms with Crippen LogP contribution in [0, 0.1) is 0 Å². The maximum Gasteiger partial charge on any atom is 0.434 e. The van der Waals surface area contributed by atoms with Crippen LogP contribution in [0.2, 0.25) is 0 Å². The van der Waals surface area contributed by atoms with Crippen molar-refractivity contribution in [1.82, 2.24) is 31.1 Å². The molecule has 33 heavy (non-hydrogen) atoms. The molecule has 3 rings (SSSR count). The van der Waals surface area contributed by atoms with E-state index in [1.54, 1.807) is 6.92 Å². The van der Waals surface area contributed by atoms with Gasteiger partial charge in [-0.1, -0.05) is 0 Å². The van der Waals surface area contributed by atoms with Gasteiger partial charge in [-0.15, -0.1) is 11.3 Å². The summed E-state index contributed by atoms with van der Waals surface area (Å²) in [5.74, 6) is -0.574. The predicted molar refractivity (Wildman–Crippen MR) is 113 cm³/mol. The first-order chi connectivity index (χ1) is 15.7. The van der Waals surface area contributed by atoms with Gasteiger partial charge >= 0.3 is 12.2 Å². The molecule has 4 amide bonds. The van der Waals surface area contributed by atoms with Gasteiger partial charge in [-0.2, -0.15) is 13.2 Å². The fourth-order valence-corrected chi connectivity index (χ4v) is 3.51. The molecule has 0 saturated carbocycles. The highest BCUT2D eigenvalue weighted by atomic mass is 32.1. The Morgan fingerprint density at radius 3 is 2.61 bits per heavy atom. The molecule has 0 aliphatic heterocycles. The average Bonchev–Trinajstić information content (AvgIpc) is 3.28. The molecular formula is C19H16F3N7O3S. The van der Waals surface area contributed by atoms with E-state index < -0.39 is 23.8 Å². The molecule has 0 atom stereocenters. The number of alkyl halides is 3. The summed E-state index contributed by atoms with van der Waals surface area (Å²) in [7, 11) is 0. The second kappa shape index (κ2) is 10.0. The summed E-state index contributed by atoms with van der Waals surface area (Å²) >= 11 is 0.762. The molecule has 0 fully saturated rings.